The number of hydrogen-bond acceptors (Lipinski definition) is 3. The van der Waals surface area contributed by atoms with Gasteiger partial charge in [-0.05, 0) is 32.9 Å². The minimum atomic E-state index is 0.239. The van der Waals surface area contributed by atoms with Gasteiger partial charge in [-0.1, -0.05) is 6.92 Å². The molecule has 0 unspecified atom stereocenters. The number of hydrogen-bond donors (Lipinski definition) is 0. The van der Waals surface area contributed by atoms with Gasteiger partial charge in [-0.3, -0.25) is 14.5 Å². The van der Waals surface area contributed by atoms with E-state index in [1.165, 1.54) is 0 Å². The third kappa shape index (κ3) is 3.22. The molecule has 1 fully saturated rings. The molecule has 0 N–H and O–H groups in total. The second-order valence-electron chi connectivity index (χ2n) is 4.05. The lowest BCUT2D eigenvalue weighted by molar-refractivity contribution is -0.122. The molecule has 0 bridgehead atoms. The second kappa shape index (κ2) is 5.25. The highest BCUT2D eigenvalue weighted by Gasteiger charge is 2.22. The van der Waals surface area contributed by atoms with Gasteiger partial charge in [-0.25, -0.2) is 0 Å². The van der Waals surface area contributed by atoms with E-state index in [0.29, 0.717) is 24.5 Å². The Morgan fingerprint density at radius 2 is 1.86 bits per heavy atom. The van der Waals surface area contributed by atoms with Gasteiger partial charge in [0.05, 0.1) is 6.54 Å². The highest BCUT2D eigenvalue weighted by atomic mass is 16.1. The Bertz CT molecular complexity index is 217. The van der Waals surface area contributed by atoms with Gasteiger partial charge < -0.3 is 0 Å². The van der Waals surface area contributed by atoms with E-state index in [9.17, 15) is 9.59 Å². The topological polar surface area (TPSA) is 37.4 Å². The molecule has 1 heterocycles. The average molecular weight is 197 g/mol. The van der Waals surface area contributed by atoms with Crippen LogP contribution in [0.25, 0.3) is 0 Å². The molecule has 3 heteroatoms. The van der Waals surface area contributed by atoms with Crippen molar-refractivity contribution in [2.24, 2.45) is 5.92 Å². The fourth-order valence-corrected chi connectivity index (χ4v) is 1.86. The first-order valence-electron chi connectivity index (χ1n) is 5.38. The number of rotatable bonds is 4. The summed E-state index contributed by atoms with van der Waals surface area (Å²) in [5.74, 6) is 0.834. The molecule has 0 radical (unpaired) electrons. The maximum Gasteiger partial charge on any atom is 0.146 e. The Hall–Kier alpha value is -0.700. The summed E-state index contributed by atoms with van der Waals surface area (Å²) in [5, 5.41) is 0. The van der Waals surface area contributed by atoms with E-state index >= 15 is 0 Å². The van der Waals surface area contributed by atoms with Crippen LogP contribution in [0.1, 0.15) is 33.1 Å². The van der Waals surface area contributed by atoms with Gasteiger partial charge in [0.1, 0.15) is 11.6 Å². The summed E-state index contributed by atoms with van der Waals surface area (Å²) in [6, 6.07) is 0. The van der Waals surface area contributed by atoms with Crippen LogP contribution in [0.4, 0.5) is 0 Å². The first kappa shape index (κ1) is 11.4. The maximum atomic E-state index is 11.2. The van der Waals surface area contributed by atoms with Crippen LogP contribution in [0.2, 0.25) is 0 Å². The lowest BCUT2D eigenvalue weighted by Crippen LogP contribution is -2.38. The van der Waals surface area contributed by atoms with Gasteiger partial charge in [0.15, 0.2) is 0 Å². The molecule has 0 aromatic rings. The summed E-state index contributed by atoms with van der Waals surface area (Å²) in [5.41, 5.74) is 0. The molecule has 1 saturated heterocycles. The standard InChI is InChI=1S/C11H19NO2/c1-3-11(14)8-12-6-4-10(5-7-12)9(2)13/h10H,3-8H2,1-2H3. The summed E-state index contributed by atoms with van der Waals surface area (Å²) >= 11 is 0. The lowest BCUT2D eigenvalue weighted by atomic mass is 9.93. The molecule has 3 nitrogen and oxygen atoms in total. The van der Waals surface area contributed by atoms with Crippen LogP contribution in [0.3, 0.4) is 0 Å². The minimum Gasteiger partial charge on any atom is -0.300 e. The van der Waals surface area contributed by atoms with E-state index in [4.69, 9.17) is 0 Å². The third-order valence-corrected chi connectivity index (χ3v) is 2.96. The average Bonchev–Trinajstić information content (AvgIpc) is 2.18. The van der Waals surface area contributed by atoms with E-state index in [1.807, 2.05) is 6.92 Å². The number of piperidine rings is 1. The molecule has 1 aliphatic rings. The number of likely N-dealkylation sites (tertiary alicyclic amines) is 1. The Balaban J connectivity index is 2.29. The summed E-state index contributed by atoms with van der Waals surface area (Å²) in [6.07, 6.45) is 2.46. The van der Waals surface area contributed by atoms with Crippen molar-refractivity contribution in [1.82, 2.24) is 4.90 Å². The number of carbonyl (C=O) groups excluding carboxylic acids is 2. The monoisotopic (exact) mass is 197 g/mol. The molecule has 0 atom stereocenters. The van der Waals surface area contributed by atoms with Crippen molar-refractivity contribution < 1.29 is 9.59 Å². The predicted octanol–water partition coefficient (Wildman–Crippen LogP) is 1.27. The molecule has 0 saturated carbocycles. The van der Waals surface area contributed by atoms with Crippen LogP contribution in [0.15, 0.2) is 0 Å². The van der Waals surface area contributed by atoms with Crippen LogP contribution in [0, 0.1) is 5.92 Å². The molecule has 1 aliphatic heterocycles. The fraction of sp³-hybridized carbons (Fsp3) is 0.818. The first-order chi connectivity index (χ1) is 6.63. The van der Waals surface area contributed by atoms with Gasteiger partial charge in [-0.2, -0.15) is 0 Å². The SMILES string of the molecule is CCC(=O)CN1CCC(C(C)=O)CC1. The van der Waals surface area contributed by atoms with E-state index in [0.717, 1.165) is 25.9 Å². The van der Waals surface area contributed by atoms with Crippen molar-refractivity contribution in [2.45, 2.75) is 33.1 Å². The van der Waals surface area contributed by atoms with Crippen LogP contribution < -0.4 is 0 Å². The molecular formula is C11H19NO2. The van der Waals surface area contributed by atoms with Crippen molar-refractivity contribution in [3.05, 3.63) is 0 Å². The van der Waals surface area contributed by atoms with Crippen LogP contribution in [0.5, 0.6) is 0 Å². The summed E-state index contributed by atoms with van der Waals surface area (Å²) in [4.78, 5) is 24.4. The van der Waals surface area contributed by atoms with E-state index in [1.54, 1.807) is 6.92 Å². The highest BCUT2D eigenvalue weighted by Crippen LogP contribution is 2.17. The smallest absolute Gasteiger partial charge is 0.146 e. The van der Waals surface area contributed by atoms with E-state index < -0.39 is 0 Å². The summed E-state index contributed by atoms with van der Waals surface area (Å²) in [7, 11) is 0. The number of ketones is 2. The quantitative estimate of drug-likeness (QED) is 0.681. The predicted molar refractivity (Wildman–Crippen MR) is 55.1 cm³/mol. The van der Waals surface area contributed by atoms with Gasteiger partial charge >= 0.3 is 0 Å². The zero-order valence-corrected chi connectivity index (χ0v) is 9.08. The Morgan fingerprint density at radius 3 is 2.29 bits per heavy atom. The van der Waals surface area contributed by atoms with Gasteiger partial charge in [0, 0.05) is 12.3 Å². The van der Waals surface area contributed by atoms with Crippen molar-refractivity contribution in [3.63, 3.8) is 0 Å². The first-order valence-corrected chi connectivity index (χ1v) is 5.38. The van der Waals surface area contributed by atoms with Crippen molar-refractivity contribution in [3.8, 4) is 0 Å². The lowest BCUT2D eigenvalue weighted by Gasteiger charge is -2.29. The summed E-state index contributed by atoms with van der Waals surface area (Å²) < 4.78 is 0. The molecule has 80 valence electrons. The Morgan fingerprint density at radius 1 is 1.29 bits per heavy atom. The highest BCUT2D eigenvalue weighted by molar-refractivity contribution is 5.80. The largest absolute Gasteiger partial charge is 0.300 e. The molecular weight excluding hydrogens is 178 g/mol. The maximum absolute atomic E-state index is 11.2. The van der Waals surface area contributed by atoms with Gasteiger partial charge in [0.2, 0.25) is 0 Å². The molecule has 14 heavy (non-hydrogen) atoms. The molecule has 1 rings (SSSR count). The molecule has 0 aromatic carbocycles. The normalized spacial score (nSPS) is 19.6. The molecule has 0 aromatic heterocycles. The third-order valence-electron chi connectivity index (χ3n) is 2.96. The number of Topliss-reactive ketones (excluding diaryl/α,β-unsaturated/α-hetero) is 2. The van der Waals surface area contributed by atoms with E-state index in [2.05, 4.69) is 4.90 Å². The zero-order valence-electron chi connectivity index (χ0n) is 9.08. The van der Waals surface area contributed by atoms with Crippen LogP contribution >= 0.6 is 0 Å². The van der Waals surface area contributed by atoms with Crippen LogP contribution in [-0.2, 0) is 9.59 Å². The van der Waals surface area contributed by atoms with E-state index in [-0.39, 0.29) is 5.92 Å². The summed E-state index contributed by atoms with van der Waals surface area (Å²) in [6.45, 7) is 5.93. The van der Waals surface area contributed by atoms with Crippen molar-refractivity contribution in [2.75, 3.05) is 19.6 Å². The van der Waals surface area contributed by atoms with Gasteiger partial charge in [0.25, 0.3) is 0 Å². The molecule has 0 aliphatic carbocycles. The second-order valence-corrected chi connectivity index (χ2v) is 4.05. The Labute approximate surface area is 85.5 Å². The number of carbonyl (C=O) groups is 2. The minimum absolute atomic E-state index is 0.239. The molecule has 0 amide bonds. The van der Waals surface area contributed by atoms with Gasteiger partial charge in [-0.15, -0.1) is 0 Å². The Kier molecular flexibility index (Phi) is 4.26. The zero-order chi connectivity index (χ0) is 10.6. The molecule has 0 spiro atoms. The van der Waals surface area contributed by atoms with Crippen molar-refractivity contribution in [1.29, 1.82) is 0 Å². The van der Waals surface area contributed by atoms with Crippen molar-refractivity contribution >= 4 is 11.6 Å². The van der Waals surface area contributed by atoms with Crippen LogP contribution in [-0.4, -0.2) is 36.1 Å². The fourth-order valence-electron chi connectivity index (χ4n) is 1.86. The number of nitrogens with zero attached hydrogens (tertiary/aromatic N) is 1.